The molecule has 2 aromatic rings. The lowest BCUT2D eigenvalue weighted by Crippen LogP contribution is -2.24. The first kappa shape index (κ1) is 16.8. The van der Waals surface area contributed by atoms with Crippen LogP contribution in [0.3, 0.4) is 0 Å². The molecular weight excluding hydrogens is 364 g/mol. The van der Waals surface area contributed by atoms with E-state index in [1.165, 1.54) is 19.4 Å². The van der Waals surface area contributed by atoms with Gasteiger partial charge in [0.15, 0.2) is 18.1 Å². The summed E-state index contributed by atoms with van der Waals surface area (Å²) in [4.78, 5) is 11.6. The Labute approximate surface area is 141 Å². The number of nitrogens with zero attached hydrogens (tertiary/aromatic N) is 1. The minimum absolute atomic E-state index is 0.00125. The van der Waals surface area contributed by atoms with Crippen LogP contribution in [0.4, 0.5) is 0 Å². The van der Waals surface area contributed by atoms with Crippen molar-refractivity contribution in [1.29, 1.82) is 0 Å². The molecule has 2 rings (SSSR count). The summed E-state index contributed by atoms with van der Waals surface area (Å²) in [5, 5.41) is 13.4. The number of rotatable bonds is 6. The Morgan fingerprint density at radius 1 is 1.30 bits per heavy atom. The third-order valence-corrected chi connectivity index (χ3v) is 3.32. The SMILES string of the molecule is COc1ccc(C=NNC(=O)COc2ccc(Br)cc2)cc1O. The van der Waals surface area contributed by atoms with E-state index in [2.05, 4.69) is 26.5 Å². The van der Waals surface area contributed by atoms with E-state index in [0.717, 1.165) is 4.47 Å². The first-order chi connectivity index (χ1) is 11.1. The molecule has 0 bridgehead atoms. The average Bonchev–Trinajstić information content (AvgIpc) is 2.54. The number of hydrogen-bond donors (Lipinski definition) is 2. The molecule has 0 fully saturated rings. The first-order valence-corrected chi connectivity index (χ1v) is 7.45. The van der Waals surface area contributed by atoms with Crippen LogP contribution in [-0.2, 0) is 4.79 Å². The highest BCUT2D eigenvalue weighted by Gasteiger charge is 2.02. The van der Waals surface area contributed by atoms with E-state index in [1.807, 2.05) is 12.1 Å². The molecule has 120 valence electrons. The van der Waals surface area contributed by atoms with Crippen LogP contribution in [0.15, 0.2) is 52.0 Å². The molecular formula is C16H15BrN2O4. The molecule has 1 amide bonds. The fourth-order valence-corrected chi connectivity index (χ4v) is 1.94. The molecule has 0 aromatic heterocycles. The molecule has 0 radical (unpaired) electrons. The summed E-state index contributed by atoms with van der Waals surface area (Å²) >= 11 is 3.32. The molecule has 2 aromatic carbocycles. The molecule has 0 aliphatic rings. The van der Waals surface area contributed by atoms with E-state index in [4.69, 9.17) is 9.47 Å². The van der Waals surface area contributed by atoms with Crippen LogP contribution >= 0.6 is 15.9 Å². The van der Waals surface area contributed by atoms with Crippen molar-refractivity contribution in [3.8, 4) is 17.2 Å². The van der Waals surface area contributed by atoms with Crippen molar-refractivity contribution in [1.82, 2.24) is 5.43 Å². The van der Waals surface area contributed by atoms with E-state index in [0.29, 0.717) is 17.1 Å². The summed E-state index contributed by atoms with van der Waals surface area (Å²) in [7, 11) is 1.47. The predicted octanol–water partition coefficient (Wildman–Crippen LogP) is 2.69. The number of benzene rings is 2. The van der Waals surface area contributed by atoms with Gasteiger partial charge >= 0.3 is 0 Å². The van der Waals surface area contributed by atoms with Crippen LogP contribution in [-0.4, -0.2) is 30.9 Å². The van der Waals surface area contributed by atoms with Gasteiger partial charge in [0.1, 0.15) is 5.75 Å². The van der Waals surface area contributed by atoms with Crippen LogP contribution in [0, 0.1) is 0 Å². The Morgan fingerprint density at radius 2 is 2.04 bits per heavy atom. The van der Waals surface area contributed by atoms with Crippen LogP contribution in [0.25, 0.3) is 0 Å². The number of carbonyl (C=O) groups excluding carboxylic acids is 1. The molecule has 0 atom stereocenters. The zero-order chi connectivity index (χ0) is 16.7. The van der Waals surface area contributed by atoms with Gasteiger partial charge in [-0.15, -0.1) is 0 Å². The van der Waals surface area contributed by atoms with E-state index < -0.39 is 0 Å². The van der Waals surface area contributed by atoms with Gasteiger partial charge in [-0.25, -0.2) is 5.43 Å². The van der Waals surface area contributed by atoms with Crippen molar-refractivity contribution in [3.05, 3.63) is 52.5 Å². The summed E-state index contributed by atoms with van der Waals surface area (Å²) in [5.41, 5.74) is 2.97. The number of hydrazone groups is 1. The van der Waals surface area contributed by atoms with Crippen molar-refractivity contribution in [3.63, 3.8) is 0 Å². The van der Waals surface area contributed by atoms with Crippen LogP contribution < -0.4 is 14.9 Å². The lowest BCUT2D eigenvalue weighted by atomic mass is 10.2. The molecule has 0 saturated carbocycles. The standard InChI is InChI=1S/C16H15BrN2O4/c1-22-15-7-2-11(8-14(15)20)9-18-19-16(21)10-23-13-5-3-12(17)4-6-13/h2-9,20H,10H2,1H3,(H,19,21). The highest BCUT2D eigenvalue weighted by molar-refractivity contribution is 9.10. The van der Waals surface area contributed by atoms with Crippen LogP contribution in [0.5, 0.6) is 17.2 Å². The number of phenols is 1. The summed E-state index contributed by atoms with van der Waals surface area (Å²) in [5.74, 6) is 0.574. The Morgan fingerprint density at radius 3 is 2.70 bits per heavy atom. The molecule has 0 heterocycles. The quantitative estimate of drug-likeness (QED) is 0.598. The molecule has 0 unspecified atom stereocenters. The number of phenolic OH excluding ortho intramolecular Hbond substituents is 1. The Hall–Kier alpha value is -2.54. The molecule has 6 nitrogen and oxygen atoms in total. The van der Waals surface area contributed by atoms with Gasteiger partial charge in [0.25, 0.3) is 5.91 Å². The maximum absolute atomic E-state index is 11.6. The largest absolute Gasteiger partial charge is 0.504 e. The third-order valence-electron chi connectivity index (χ3n) is 2.79. The van der Waals surface area contributed by atoms with Crippen molar-refractivity contribution in [2.24, 2.45) is 5.10 Å². The smallest absolute Gasteiger partial charge is 0.277 e. The number of methoxy groups -OCH3 is 1. The molecule has 0 saturated heterocycles. The first-order valence-electron chi connectivity index (χ1n) is 6.66. The second-order valence-electron chi connectivity index (χ2n) is 4.47. The molecule has 0 aliphatic heterocycles. The van der Waals surface area contributed by atoms with Crippen molar-refractivity contribution in [2.45, 2.75) is 0 Å². The second kappa shape index (κ2) is 8.19. The monoisotopic (exact) mass is 378 g/mol. The fraction of sp³-hybridized carbons (Fsp3) is 0.125. The highest BCUT2D eigenvalue weighted by Crippen LogP contribution is 2.25. The maximum atomic E-state index is 11.6. The number of carbonyl (C=O) groups is 1. The van der Waals surface area contributed by atoms with E-state index in [1.54, 1.807) is 24.3 Å². The highest BCUT2D eigenvalue weighted by atomic mass is 79.9. The van der Waals surface area contributed by atoms with Gasteiger partial charge in [-0.3, -0.25) is 4.79 Å². The van der Waals surface area contributed by atoms with E-state index in [9.17, 15) is 9.90 Å². The topological polar surface area (TPSA) is 80.2 Å². The van der Waals surface area contributed by atoms with Crippen molar-refractivity contribution < 1.29 is 19.4 Å². The number of amides is 1. The lowest BCUT2D eigenvalue weighted by molar-refractivity contribution is -0.123. The number of halogens is 1. The minimum atomic E-state index is -0.387. The molecule has 7 heteroatoms. The van der Waals surface area contributed by atoms with Crippen LogP contribution in [0.2, 0.25) is 0 Å². The van der Waals surface area contributed by atoms with E-state index >= 15 is 0 Å². The summed E-state index contributed by atoms with van der Waals surface area (Å²) in [6.07, 6.45) is 1.41. The number of hydrogen-bond acceptors (Lipinski definition) is 5. The van der Waals surface area contributed by atoms with Crippen LogP contribution in [0.1, 0.15) is 5.56 Å². The summed E-state index contributed by atoms with van der Waals surface area (Å²) < 4.78 is 11.2. The normalized spacial score (nSPS) is 10.5. The van der Waals surface area contributed by atoms with Gasteiger partial charge in [0.2, 0.25) is 0 Å². The third kappa shape index (κ3) is 5.30. The number of aromatic hydroxyl groups is 1. The Kier molecular flexibility index (Phi) is 5.99. The molecule has 23 heavy (non-hydrogen) atoms. The maximum Gasteiger partial charge on any atom is 0.277 e. The zero-order valence-corrected chi connectivity index (χ0v) is 13.9. The van der Waals surface area contributed by atoms with Gasteiger partial charge in [0.05, 0.1) is 13.3 Å². The van der Waals surface area contributed by atoms with Gasteiger partial charge in [-0.2, -0.15) is 5.10 Å². The van der Waals surface area contributed by atoms with E-state index in [-0.39, 0.29) is 18.3 Å². The Balaban J connectivity index is 1.81. The van der Waals surface area contributed by atoms with Gasteiger partial charge < -0.3 is 14.6 Å². The molecule has 0 aliphatic carbocycles. The zero-order valence-electron chi connectivity index (χ0n) is 12.3. The van der Waals surface area contributed by atoms with Crippen molar-refractivity contribution in [2.75, 3.05) is 13.7 Å². The Bertz CT molecular complexity index is 702. The average molecular weight is 379 g/mol. The summed E-state index contributed by atoms with van der Waals surface area (Å²) in [6, 6.07) is 11.9. The van der Waals surface area contributed by atoms with Gasteiger partial charge in [0, 0.05) is 4.47 Å². The number of ether oxygens (including phenoxy) is 2. The fourth-order valence-electron chi connectivity index (χ4n) is 1.68. The number of nitrogens with one attached hydrogen (secondary N) is 1. The summed E-state index contributed by atoms with van der Waals surface area (Å²) in [6.45, 7) is -0.146. The minimum Gasteiger partial charge on any atom is -0.504 e. The van der Waals surface area contributed by atoms with Crippen molar-refractivity contribution >= 4 is 28.1 Å². The second-order valence-corrected chi connectivity index (χ2v) is 5.38. The van der Waals surface area contributed by atoms with Gasteiger partial charge in [-0.05, 0) is 48.0 Å². The molecule has 0 spiro atoms. The molecule has 2 N–H and O–H groups in total. The van der Waals surface area contributed by atoms with Gasteiger partial charge in [-0.1, -0.05) is 15.9 Å². The predicted molar refractivity (Wildman–Crippen MR) is 90.0 cm³/mol. The lowest BCUT2D eigenvalue weighted by Gasteiger charge is -2.05.